The van der Waals surface area contributed by atoms with Crippen LogP contribution in [0.5, 0.6) is 11.6 Å². The van der Waals surface area contributed by atoms with E-state index in [1.54, 1.807) is 0 Å². The van der Waals surface area contributed by atoms with Crippen LogP contribution in [0.1, 0.15) is 55.9 Å². The SMILES string of the molecule is Cc1cc2cc(C(C)C)cc3c2c(c1C)-c1c(nc2c(CC(C)C)cccc2[n+]1C)O3. The van der Waals surface area contributed by atoms with Gasteiger partial charge in [-0.15, -0.1) is 0 Å². The average molecular weight is 412 g/mol. The standard InChI is InChI=1S/C28H31N2O/c1-15(2)11-19-9-8-10-22-26(19)29-28-27(30(22)7)24-18(6)17(5)12-21-13-20(16(3)4)14-23(31-28)25(21)24/h8-10,12-16H,11H2,1-7H3/q+1. The second-order valence-corrected chi connectivity index (χ2v) is 9.77. The molecule has 3 nitrogen and oxygen atoms in total. The normalized spacial score (nSPS) is 12.7. The lowest BCUT2D eigenvalue weighted by molar-refractivity contribution is -0.634. The van der Waals surface area contributed by atoms with Gasteiger partial charge in [0.1, 0.15) is 18.3 Å². The van der Waals surface area contributed by atoms with E-state index in [1.807, 2.05) is 0 Å². The smallest absolute Gasteiger partial charge is 0.294 e. The molecule has 0 N–H and O–H groups in total. The number of rotatable bonds is 3. The summed E-state index contributed by atoms with van der Waals surface area (Å²) in [5.74, 6) is 2.66. The first-order valence-electron chi connectivity index (χ1n) is 11.3. The molecule has 0 bridgehead atoms. The third kappa shape index (κ3) is 3.02. The van der Waals surface area contributed by atoms with Crippen LogP contribution < -0.4 is 9.30 Å². The molecule has 3 aromatic carbocycles. The Balaban J connectivity index is 1.90. The van der Waals surface area contributed by atoms with Gasteiger partial charge in [-0.3, -0.25) is 0 Å². The van der Waals surface area contributed by atoms with Gasteiger partial charge in [0.05, 0.1) is 5.56 Å². The second-order valence-electron chi connectivity index (χ2n) is 9.77. The van der Waals surface area contributed by atoms with Crippen LogP contribution in [-0.2, 0) is 13.5 Å². The molecule has 3 heteroatoms. The van der Waals surface area contributed by atoms with Crippen molar-refractivity contribution in [2.24, 2.45) is 13.0 Å². The fourth-order valence-corrected chi connectivity index (χ4v) is 4.93. The van der Waals surface area contributed by atoms with Gasteiger partial charge >= 0.3 is 0 Å². The van der Waals surface area contributed by atoms with Gasteiger partial charge in [-0.05, 0) is 65.8 Å². The molecule has 158 valence electrons. The number of aromatic nitrogens is 2. The minimum atomic E-state index is 0.439. The lowest BCUT2D eigenvalue weighted by atomic mass is 9.89. The number of hydrogen-bond donors (Lipinski definition) is 0. The predicted octanol–water partition coefficient (Wildman–Crippen LogP) is 6.92. The molecule has 0 saturated heterocycles. The van der Waals surface area contributed by atoms with Gasteiger partial charge in [-0.2, -0.15) is 4.57 Å². The summed E-state index contributed by atoms with van der Waals surface area (Å²) >= 11 is 0. The van der Waals surface area contributed by atoms with Gasteiger partial charge in [0.25, 0.3) is 11.6 Å². The van der Waals surface area contributed by atoms with Gasteiger partial charge in [-0.25, -0.2) is 4.98 Å². The monoisotopic (exact) mass is 411 g/mol. The highest BCUT2D eigenvalue weighted by Gasteiger charge is 2.33. The summed E-state index contributed by atoms with van der Waals surface area (Å²) in [7, 11) is 2.15. The zero-order chi connectivity index (χ0) is 22.0. The minimum Gasteiger partial charge on any atom is -0.433 e. The molecular formula is C28H31N2O+. The third-order valence-corrected chi connectivity index (χ3v) is 6.69. The van der Waals surface area contributed by atoms with E-state index in [0.29, 0.717) is 11.8 Å². The lowest BCUT2D eigenvalue weighted by Gasteiger charge is -2.23. The van der Waals surface area contributed by atoms with Gasteiger partial charge in [0.2, 0.25) is 5.52 Å². The first-order chi connectivity index (χ1) is 14.8. The molecule has 0 aliphatic carbocycles. The molecule has 0 amide bonds. The van der Waals surface area contributed by atoms with Crippen molar-refractivity contribution in [1.29, 1.82) is 0 Å². The van der Waals surface area contributed by atoms with Gasteiger partial charge in [-0.1, -0.05) is 52.0 Å². The summed E-state index contributed by atoms with van der Waals surface area (Å²) in [6, 6.07) is 13.4. The minimum absolute atomic E-state index is 0.439. The molecule has 0 unspecified atom stereocenters. The molecule has 31 heavy (non-hydrogen) atoms. The van der Waals surface area contributed by atoms with Crippen LogP contribution in [0.2, 0.25) is 0 Å². The van der Waals surface area contributed by atoms with Crippen molar-refractivity contribution in [2.75, 3.05) is 0 Å². The van der Waals surface area contributed by atoms with E-state index in [4.69, 9.17) is 9.72 Å². The molecule has 4 aromatic rings. The summed E-state index contributed by atoms with van der Waals surface area (Å²) in [6.07, 6.45) is 1.00. The molecule has 0 fully saturated rings. The van der Waals surface area contributed by atoms with E-state index in [0.717, 1.165) is 34.8 Å². The van der Waals surface area contributed by atoms with Gasteiger partial charge in [0.15, 0.2) is 0 Å². The van der Waals surface area contributed by atoms with Crippen LogP contribution in [0.3, 0.4) is 0 Å². The highest BCUT2D eigenvalue weighted by Crippen LogP contribution is 2.48. The van der Waals surface area contributed by atoms with Crippen LogP contribution in [0, 0.1) is 19.8 Å². The summed E-state index contributed by atoms with van der Waals surface area (Å²) < 4.78 is 8.83. The number of nitrogens with zero attached hydrogens (tertiary/aromatic N) is 2. The topological polar surface area (TPSA) is 26.0 Å². The van der Waals surface area contributed by atoms with Crippen molar-refractivity contribution >= 4 is 21.8 Å². The van der Waals surface area contributed by atoms with E-state index in [1.165, 1.54) is 38.6 Å². The molecule has 1 aromatic heterocycles. The molecule has 0 saturated carbocycles. The number of fused-ring (bicyclic) bond motifs is 3. The Kier molecular flexibility index (Phi) is 4.55. The molecule has 1 aliphatic heterocycles. The lowest BCUT2D eigenvalue weighted by Crippen LogP contribution is -2.34. The zero-order valence-electron chi connectivity index (χ0n) is 19.6. The van der Waals surface area contributed by atoms with E-state index in [-0.39, 0.29) is 0 Å². The van der Waals surface area contributed by atoms with E-state index >= 15 is 0 Å². The zero-order valence-corrected chi connectivity index (χ0v) is 19.6. The van der Waals surface area contributed by atoms with Crippen molar-refractivity contribution < 1.29 is 9.30 Å². The average Bonchev–Trinajstić information content (AvgIpc) is 2.71. The molecular weight excluding hydrogens is 380 g/mol. The van der Waals surface area contributed by atoms with Crippen LogP contribution in [-0.4, -0.2) is 4.98 Å². The van der Waals surface area contributed by atoms with Crippen LogP contribution in [0.15, 0.2) is 36.4 Å². The third-order valence-electron chi connectivity index (χ3n) is 6.69. The van der Waals surface area contributed by atoms with Crippen LogP contribution >= 0.6 is 0 Å². The Morgan fingerprint density at radius 3 is 2.52 bits per heavy atom. The summed E-state index contributed by atoms with van der Waals surface area (Å²) in [5.41, 5.74) is 9.70. The first kappa shape index (κ1) is 20.0. The second kappa shape index (κ2) is 7.05. The highest BCUT2D eigenvalue weighted by molar-refractivity contribution is 6.05. The molecule has 0 spiro atoms. The highest BCUT2D eigenvalue weighted by atomic mass is 16.5. The number of hydrogen-bond acceptors (Lipinski definition) is 2. The van der Waals surface area contributed by atoms with Gasteiger partial charge in [0, 0.05) is 11.5 Å². The van der Waals surface area contributed by atoms with E-state index in [9.17, 15) is 0 Å². The van der Waals surface area contributed by atoms with Crippen molar-refractivity contribution in [3.63, 3.8) is 0 Å². The fraction of sp³-hybridized carbons (Fsp3) is 0.357. The molecule has 2 heterocycles. The van der Waals surface area contributed by atoms with Crippen LogP contribution in [0.4, 0.5) is 0 Å². The summed E-state index contributed by atoms with van der Waals surface area (Å²) in [4.78, 5) is 5.12. The molecule has 5 rings (SSSR count). The summed E-state index contributed by atoms with van der Waals surface area (Å²) in [6.45, 7) is 13.4. The Hall–Kier alpha value is -2.94. The maximum Gasteiger partial charge on any atom is 0.294 e. The van der Waals surface area contributed by atoms with E-state index in [2.05, 4.69) is 89.6 Å². The maximum absolute atomic E-state index is 6.55. The van der Waals surface area contributed by atoms with Crippen molar-refractivity contribution in [3.8, 4) is 22.9 Å². The fourth-order valence-electron chi connectivity index (χ4n) is 4.93. The van der Waals surface area contributed by atoms with Crippen molar-refractivity contribution in [3.05, 3.63) is 58.7 Å². The Morgan fingerprint density at radius 1 is 1.03 bits per heavy atom. The molecule has 0 atom stereocenters. The number of ether oxygens (including phenoxy) is 1. The largest absolute Gasteiger partial charge is 0.433 e. The summed E-state index contributed by atoms with van der Waals surface area (Å²) in [5, 5.41) is 2.45. The predicted molar refractivity (Wildman–Crippen MR) is 128 cm³/mol. The number of benzene rings is 3. The number of aryl methyl sites for hydroxylation is 2. The number of para-hydroxylation sites is 1. The Labute approximate surface area is 184 Å². The Bertz CT molecular complexity index is 1370. The maximum atomic E-state index is 6.55. The van der Waals surface area contributed by atoms with Crippen molar-refractivity contribution in [2.45, 2.75) is 53.9 Å². The van der Waals surface area contributed by atoms with Crippen LogP contribution in [0.25, 0.3) is 33.1 Å². The molecule has 0 radical (unpaired) electrons. The van der Waals surface area contributed by atoms with Gasteiger partial charge < -0.3 is 4.74 Å². The quantitative estimate of drug-likeness (QED) is 0.301. The molecule has 1 aliphatic rings. The Morgan fingerprint density at radius 2 is 1.81 bits per heavy atom. The van der Waals surface area contributed by atoms with Crippen molar-refractivity contribution in [1.82, 2.24) is 4.98 Å². The van der Waals surface area contributed by atoms with E-state index < -0.39 is 0 Å². The first-order valence-corrected chi connectivity index (χ1v) is 11.3.